The highest BCUT2D eigenvalue weighted by molar-refractivity contribution is 6.30. The average molecular weight is 261 g/mol. The molecule has 0 aliphatic heterocycles. The minimum absolute atomic E-state index is 0.239. The molecule has 1 rings (SSSR count). The Hall–Kier alpha value is -0.680. The summed E-state index contributed by atoms with van der Waals surface area (Å²) in [4.78, 5) is 0. The Bertz CT molecular complexity index is 362. The molecule has 0 aliphatic rings. The largest absolute Gasteiger partial charge is 0.384 e. The second kappa shape index (κ2) is 6.91. The van der Waals surface area contributed by atoms with E-state index in [4.69, 9.17) is 22.2 Å². The van der Waals surface area contributed by atoms with E-state index in [0.717, 1.165) is 0 Å². The summed E-state index contributed by atoms with van der Waals surface area (Å²) in [5.74, 6) is 5.41. The summed E-state index contributed by atoms with van der Waals surface area (Å²) in [5.41, 5.74) is 3.16. The molecular formula is C12H18ClFN2O. The molecule has 0 saturated carbocycles. The van der Waals surface area contributed by atoms with E-state index in [1.165, 1.54) is 6.07 Å². The highest BCUT2D eigenvalue weighted by atomic mass is 35.5. The highest BCUT2D eigenvalue weighted by Crippen LogP contribution is 2.25. The van der Waals surface area contributed by atoms with Gasteiger partial charge in [0.1, 0.15) is 5.82 Å². The maximum Gasteiger partial charge on any atom is 0.129 e. The van der Waals surface area contributed by atoms with Crippen molar-refractivity contribution in [2.24, 2.45) is 11.8 Å². The van der Waals surface area contributed by atoms with Crippen LogP contribution in [0.25, 0.3) is 0 Å². The second-order valence-electron chi connectivity index (χ2n) is 4.18. The van der Waals surface area contributed by atoms with Gasteiger partial charge in [0.05, 0.1) is 0 Å². The third-order valence-electron chi connectivity index (χ3n) is 2.63. The van der Waals surface area contributed by atoms with Crippen molar-refractivity contribution in [2.45, 2.75) is 19.4 Å². The van der Waals surface area contributed by atoms with Crippen LogP contribution in [0.4, 0.5) is 4.39 Å². The molecule has 2 atom stereocenters. The third-order valence-corrected chi connectivity index (χ3v) is 2.86. The van der Waals surface area contributed by atoms with Crippen LogP contribution in [0.5, 0.6) is 0 Å². The molecule has 0 amide bonds. The second-order valence-corrected chi connectivity index (χ2v) is 4.62. The van der Waals surface area contributed by atoms with Crippen LogP contribution in [-0.4, -0.2) is 13.7 Å². The normalized spacial score (nSPS) is 14.6. The summed E-state index contributed by atoms with van der Waals surface area (Å²) in [6.07, 6.45) is 0.697. The first-order chi connectivity index (χ1) is 8.08. The molecule has 3 nitrogen and oxygen atoms in total. The zero-order valence-electron chi connectivity index (χ0n) is 10.0. The fourth-order valence-electron chi connectivity index (χ4n) is 1.82. The minimum Gasteiger partial charge on any atom is -0.384 e. The summed E-state index contributed by atoms with van der Waals surface area (Å²) in [6.45, 7) is 2.65. The van der Waals surface area contributed by atoms with Crippen LogP contribution in [0.3, 0.4) is 0 Å². The summed E-state index contributed by atoms with van der Waals surface area (Å²) < 4.78 is 18.8. The maximum atomic E-state index is 13.7. The predicted octanol–water partition coefficient (Wildman–Crippen LogP) is 2.66. The van der Waals surface area contributed by atoms with Gasteiger partial charge in [-0.1, -0.05) is 24.6 Å². The Morgan fingerprint density at radius 2 is 2.24 bits per heavy atom. The zero-order chi connectivity index (χ0) is 12.8. The summed E-state index contributed by atoms with van der Waals surface area (Å²) in [5, 5.41) is 0.381. The van der Waals surface area contributed by atoms with E-state index in [1.54, 1.807) is 19.2 Å². The van der Waals surface area contributed by atoms with Crippen LogP contribution in [-0.2, 0) is 4.74 Å². The van der Waals surface area contributed by atoms with Crippen LogP contribution < -0.4 is 11.3 Å². The van der Waals surface area contributed by atoms with E-state index in [0.29, 0.717) is 23.6 Å². The lowest BCUT2D eigenvalue weighted by atomic mass is 9.96. The van der Waals surface area contributed by atoms with Gasteiger partial charge in [0.25, 0.3) is 0 Å². The first kappa shape index (κ1) is 14.4. The van der Waals surface area contributed by atoms with Crippen molar-refractivity contribution in [3.63, 3.8) is 0 Å². The van der Waals surface area contributed by atoms with Gasteiger partial charge in [-0.15, -0.1) is 0 Å². The summed E-state index contributed by atoms with van der Waals surface area (Å²) >= 11 is 5.71. The summed E-state index contributed by atoms with van der Waals surface area (Å²) in [7, 11) is 1.64. The lowest BCUT2D eigenvalue weighted by molar-refractivity contribution is 0.149. The number of ether oxygens (including phenoxy) is 1. The SMILES string of the molecule is COCC(C)CC(NN)c1ccc(Cl)cc1F. The van der Waals surface area contributed by atoms with E-state index in [-0.39, 0.29) is 17.8 Å². The molecule has 96 valence electrons. The highest BCUT2D eigenvalue weighted by Gasteiger charge is 2.17. The van der Waals surface area contributed by atoms with E-state index in [1.807, 2.05) is 6.92 Å². The number of nitrogens with one attached hydrogen (secondary N) is 1. The van der Waals surface area contributed by atoms with Crippen LogP contribution in [0.15, 0.2) is 18.2 Å². The van der Waals surface area contributed by atoms with Crippen molar-refractivity contribution < 1.29 is 9.13 Å². The van der Waals surface area contributed by atoms with Gasteiger partial charge in [0.15, 0.2) is 0 Å². The molecule has 1 aromatic carbocycles. The van der Waals surface area contributed by atoms with Crippen LogP contribution >= 0.6 is 11.6 Å². The van der Waals surface area contributed by atoms with Crippen LogP contribution in [0.2, 0.25) is 5.02 Å². The molecule has 17 heavy (non-hydrogen) atoms. The molecule has 3 N–H and O–H groups in total. The molecule has 0 bridgehead atoms. The fraction of sp³-hybridized carbons (Fsp3) is 0.500. The number of nitrogens with two attached hydrogens (primary N) is 1. The number of hydrogen-bond acceptors (Lipinski definition) is 3. The Morgan fingerprint density at radius 1 is 1.53 bits per heavy atom. The lowest BCUT2D eigenvalue weighted by Gasteiger charge is -2.20. The Balaban J connectivity index is 2.79. The topological polar surface area (TPSA) is 47.3 Å². The standard InChI is InChI=1S/C12H18ClFN2O/c1-8(7-17-2)5-12(16-15)10-4-3-9(13)6-11(10)14/h3-4,6,8,12,16H,5,7,15H2,1-2H3. The van der Waals surface area contributed by atoms with Gasteiger partial charge in [-0.2, -0.15) is 0 Å². The van der Waals surface area contributed by atoms with Crippen molar-refractivity contribution in [1.82, 2.24) is 5.43 Å². The number of methoxy groups -OCH3 is 1. The molecule has 1 aromatic rings. The molecule has 0 heterocycles. The van der Waals surface area contributed by atoms with Gasteiger partial charge in [0.2, 0.25) is 0 Å². The summed E-state index contributed by atoms with van der Waals surface area (Å²) in [6, 6.07) is 4.37. The molecule has 0 aromatic heterocycles. The number of hydrogen-bond donors (Lipinski definition) is 2. The zero-order valence-corrected chi connectivity index (χ0v) is 10.8. The Kier molecular flexibility index (Phi) is 5.85. The van der Waals surface area contributed by atoms with E-state index < -0.39 is 0 Å². The van der Waals surface area contributed by atoms with E-state index >= 15 is 0 Å². The van der Waals surface area contributed by atoms with Crippen molar-refractivity contribution >= 4 is 11.6 Å². The Labute approximate surface area is 106 Å². The number of halogens is 2. The molecule has 5 heteroatoms. The molecule has 0 spiro atoms. The molecule has 0 aliphatic carbocycles. The number of rotatable bonds is 6. The van der Waals surface area contributed by atoms with Crippen molar-refractivity contribution in [2.75, 3.05) is 13.7 Å². The molecule has 0 fully saturated rings. The van der Waals surface area contributed by atoms with Crippen molar-refractivity contribution in [3.05, 3.63) is 34.6 Å². The lowest BCUT2D eigenvalue weighted by Crippen LogP contribution is -2.30. The molecule has 2 unspecified atom stereocenters. The third kappa shape index (κ3) is 4.24. The minimum atomic E-state index is -0.343. The monoisotopic (exact) mass is 260 g/mol. The van der Waals surface area contributed by atoms with Crippen LogP contribution in [0.1, 0.15) is 24.9 Å². The molecular weight excluding hydrogens is 243 g/mol. The fourth-order valence-corrected chi connectivity index (χ4v) is 1.98. The quantitative estimate of drug-likeness (QED) is 0.611. The van der Waals surface area contributed by atoms with Crippen LogP contribution in [0, 0.1) is 11.7 Å². The van der Waals surface area contributed by atoms with Gasteiger partial charge in [-0.3, -0.25) is 11.3 Å². The predicted molar refractivity (Wildman–Crippen MR) is 67.1 cm³/mol. The van der Waals surface area contributed by atoms with Gasteiger partial charge >= 0.3 is 0 Å². The van der Waals surface area contributed by atoms with Gasteiger partial charge < -0.3 is 4.74 Å². The number of benzene rings is 1. The van der Waals surface area contributed by atoms with Crippen molar-refractivity contribution in [3.8, 4) is 0 Å². The van der Waals surface area contributed by atoms with Gasteiger partial charge in [0, 0.05) is 30.3 Å². The maximum absolute atomic E-state index is 13.7. The van der Waals surface area contributed by atoms with Crippen molar-refractivity contribution in [1.29, 1.82) is 0 Å². The first-order valence-corrected chi connectivity index (χ1v) is 5.86. The van der Waals surface area contributed by atoms with E-state index in [2.05, 4.69) is 5.43 Å². The smallest absolute Gasteiger partial charge is 0.129 e. The first-order valence-electron chi connectivity index (χ1n) is 5.48. The molecule has 0 radical (unpaired) electrons. The number of hydrazine groups is 1. The van der Waals surface area contributed by atoms with Gasteiger partial charge in [-0.25, -0.2) is 4.39 Å². The van der Waals surface area contributed by atoms with Gasteiger partial charge in [-0.05, 0) is 24.5 Å². The molecule has 0 saturated heterocycles. The Morgan fingerprint density at radius 3 is 2.76 bits per heavy atom. The van der Waals surface area contributed by atoms with E-state index in [9.17, 15) is 4.39 Å². The average Bonchev–Trinajstić information content (AvgIpc) is 2.27.